The molecule has 7 heteroatoms. The van der Waals surface area contributed by atoms with Crippen molar-refractivity contribution in [2.24, 2.45) is 16.8 Å². The SMILES string of the molecule is CCNC(=NCc1ccc(C)cc1OCC1CCOC1)NCCNC(=O)CC1CCCC1. The number of ether oxygens (including phenoxy) is 2. The van der Waals surface area contributed by atoms with E-state index in [4.69, 9.17) is 14.5 Å². The van der Waals surface area contributed by atoms with Gasteiger partial charge in [-0.2, -0.15) is 0 Å². The summed E-state index contributed by atoms with van der Waals surface area (Å²) in [6.07, 6.45) is 6.65. The lowest BCUT2D eigenvalue weighted by molar-refractivity contribution is -0.121. The number of carbonyl (C=O) groups is 1. The molecular formula is C25H40N4O3. The molecule has 0 aromatic heterocycles. The molecule has 1 unspecified atom stereocenters. The van der Waals surface area contributed by atoms with Gasteiger partial charge in [0.15, 0.2) is 5.96 Å². The number of rotatable bonds is 11. The number of benzene rings is 1. The number of hydrogen-bond acceptors (Lipinski definition) is 4. The molecule has 178 valence electrons. The normalized spacial score (nSPS) is 19.2. The van der Waals surface area contributed by atoms with E-state index in [0.29, 0.717) is 44.5 Å². The fourth-order valence-electron chi connectivity index (χ4n) is 4.29. The topological polar surface area (TPSA) is 84.0 Å². The molecule has 0 spiro atoms. The predicted octanol–water partition coefficient (Wildman–Crippen LogP) is 3.16. The van der Waals surface area contributed by atoms with Crippen molar-refractivity contribution in [3.8, 4) is 5.75 Å². The van der Waals surface area contributed by atoms with Gasteiger partial charge in [0.05, 0.1) is 19.8 Å². The Hall–Kier alpha value is -2.28. The average Bonchev–Trinajstić information content (AvgIpc) is 3.48. The van der Waals surface area contributed by atoms with Crippen LogP contribution < -0.4 is 20.7 Å². The molecule has 7 nitrogen and oxygen atoms in total. The quantitative estimate of drug-likeness (QED) is 0.277. The summed E-state index contributed by atoms with van der Waals surface area (Å²) in [6, 6.07) is 6.27. The van der Waals surface area contributed by atoms with E-state index in [1.54, 1.807) is 0 Å². The van der Waals surface area contributed by atoms with Crippen LogP contribution in [0.1, 0.15) is 56.6 Å². The lowest BCUT2D eigenvalue weighted by atomic mass is 10.0. The fraction of sp³-hybridized carbons (Fsp3) is 0.680. The lowest BCUT2D eigenvalue weighted by Crippen LogP contribution is -2.41. The van der Waals surface area contributed by atoms with E-state index in [9.17, 15) is 4.79 Å². The maximum Gasteiger partial charge on any atom is 0.220 e. The largest absolute Gasteiger partial charge is 0.493 e. The van der Waals surface area contributed by atoms with Crippen LogP contribution in [0.15, 0.2) is 23.2 Å². The number of amides is 1. The van der Waals surface area contributed by atoms with Gasteiger partial charge in [-0.1, -0.05) is 25.0 Å². The molecule has 2 fully saturated rings. The van der Waals surface area contributed by atoms with E-state index < -0.39 is 0 Å². The van der Waals surface area contributed by atoms with Gasteiger partial charge in [0.1, 0.15) is 5.75 Å². The summed E-state index contributed by atoms with van der Waals surface area (Å²) in [4.78, 5) is 16.8. The summed E-state index contributed by atoms with van der Waals surface area (Å²) in [7, 11) is 0. The monoisotopic (exact) mass is 444 g/mol. The molecule has 0 radical (unpaired) electrons. The van der Waals surface area contributed by atoms with E-state index >= 15 is 0 Å². The molecule has 3 N–H and O–H groups in total. The summed E-state index contributed by atoms with van der Waals surface area (Å²) in [5.41, 5.74) is 2.24. The van der Waals surface area contributed by atoms with E-state index in [1.807, 2.05) is 6.92 Å². The molecule has 1 atom stereocenters. The number of aryl methyl sites for hydroxylation is 1. The second-order valence-electron chi connectivity index (χ2n) is 8.98. The van der Waals surface area contributed by atoms with Gasteiger partial charge in [-0.05, 0) is 50.7 Å². The molecule has 32 heavy (non-hydrogen) atoms. The van der Waals surface area contributed by atoms with Gasteiger partial charge in [0.2, 0.25) is 5.91 Å². The van der Waals surface area contributed by atoms with Crippen LogP contribution in [0, 0.1) is 18.8 Å². The third kappa shape index (κ3) is 8.34. The smallest absolute Gasteiger partial charge is 0.220 e. The third-order valence-corrected chi connectivity index (χ3v) is 6.16. The number of guanidine groups is 1. The van der Waals surface area contributed by atoms with Crippen LogP contribution in [0.3, 0.4) is 0 Å². The van der Waals surface area contributed by atoms with Crippen molar-refractivity contribution in [1.29, 1.82) is 0 Å². The highest BCUT2D eigenvalue weighted by Crippen LogP contribution is 2.27. The summed E-state index contributed by atoms with van der Waals surface area (Å²) >= 11 is 0. The van der Waals surface area contributed by atoms with Gasteiger partial charge in [0.25, 0.3) is 0 Å². The highest BCUT2D eigenvalue weighted by molar-refractivity contribution is 5.80. The van der Waals surface area contributed by atoms with Gasteiger partial charge in [-0.25, -0.2) is 4.99 Å². The first-order valence-corrected chi connectivity index (χ1v) is 12.2. The van der Waals surface area contributed by atoms with Crippen molar-refractivity contribution in [2.45, 2.75) is 58.9 Å². The molecule has 1 aromatic carbocycles. The molecule has 1 amide bonds. The van der Waals surface area contributed by atoms with Crippen molar-refractivity contribution >= 4 is 11.9 Å². The third-order valence-electron chi connectivity index (χ3n) is 6.16. The van der Waals surface area contributed by atoms with Gasteiger partial charge in [-0.15, -0.1) is 0 Å². The molecule has 3 rings (SSSR count). The Kier molecular flexibility index (Phi) is 10.1. The van der Waals surface area contributed by atoms with E-state index in [2.05, 4.69) is 41.1 Å². The minimum absolute atomic E-state index is 0.162. The molecule has 1 aromatic rings. The van der Waals surface area contributed by atoms with E-state index in [1.165, 1.54) is 31.2 Å². The number of hydrogen-bond donors (Lipinski definition) is 3. The van der Waals surface area contributed by atoms with Crippen molar-refractivity contribution in [3.05, 3.63) is 29.3 Å². The zero-order chi connectivity index (χ0) is 22.6. The zero-order valence-corrected chi connectivity index (χ0v) is 19.8. The van der Waals surface area contributed by atoms with Crippen LogP contribution in [0.25, 0.3) is 0 Å². The van der Waals surface area contributed by atoms with Crippen molar-refractivity contribution in [1.82, 2.24) is 16.0 Å². The lowest BCUT2D eigenvalue weighted by Gasteiger charge is -2.15. The van der Waals surface area contributed by atoms with E-state index in [0.717, 1.165) is 43.5 Å². The van der Waals surface area contributed by atoms with Crippen LogP contribution in [0.5, 0.6) is 5.75 Å². The second-order valence-corrected chi connectivity index (χ2v) is 8.98. The van der Waals surface area contributed by atoms with E-state index in [-0.39, 0.29) is 5.91 Å². The van der Waals surface area contributed by atoms with Gasteiger partial charge >= 0.3 is 0 Å². The molecular weight excluding hydrogens is 404 g/mol. The second kappa shape index (κ2) is 13.3. The van der Waals surface area contributed by atoms with Gasteiger partial charge in [-0.3, -0.25) is 4.79 Å². The summed E-state index contributed by atoms with van der Waals surface area (Å²) in [6.45, 7) is 8.95. The molecule has 2 aliphatic rings. The van der Waals surface area contributed by atoms with Gasteiger partial charge in [0, 0.05) is 44.1 Å². The first-order valence-electron chi connectivity index (χ1n) is 12.2. The molecule has 1 aliphatic carbocycles. The average molecular weight is 445 g/mol. The Labute approximate surface area is 192 Å². The highest BCUT2D eigenvalue weighted by Gasteiger charge is 2.18. The van der Waals surface area contributed by atoms with Crippen molar-refractivity contribution in [3.63, 3.8) is 0 Å². The maximum atomic E-state index is 12.1. The molecule has 0 bridgehead atoms. The Morgan fingerprint density at radius 1 is 1.12 bits per heavy atom. The predicted molar refractivity (Wildman–Crippen MR) is 128 cm³/mol. The Morgan fingerprint density at radius 3 is 2.69 bits per heavy atom. The number of nitrogens with one attached hydrogen (secondary N) is 3. The summed E-state index contributed by atoms with van der Waals surface area (Å²) in [5, 5.41) is 9.62. The first-order chi connectivity index (χ1) is 15.6. The zero-order valence-electron chi connectivity index (χ0n) is 19.8. The summed E-state index contributed by atoms with van der Waals surface area (Å²) < 4.78 is 11.6. The Bertz CT molecular complexity index is 741. The van der Waals surface area contributed by atoms with Gasteiger partial charge < -0.3 is 25.4 Å². The molecule has 1 saturated heterocycles. The molecule has 1 heterocycles. The van der Waals surface area contributed by atoms with Crippen molar-refractivity contribution in [2.75, 3.05) is 39.5 Å². The fourth-order valence-corrected chi connectivity index (χ4v) is 4.29. The number of nitrogens with zero attached hydrogens (tertiary/aromatic N) is 1. The maximum absolute atomic E-state index is 12.1. The molecule has 1 aliphatic heterocycles. The minimum atomic E-state index is 0.162. The van der Waals surface area contributed by atoms with Crippen LogP contribution >= 0.6 is 0 Å². The van der Waals surface area contributed by atoms with Crippen LogP contribution in [0.2, 0.25) is 0 Å². The van der Waals surface area contributed by atoms with Crippen molar-refractivity contribution < 1.29 is 14.3 Å². The van der Waals surface area contributed by atoms with Crippen LogP contribution in [0.4, 0.5) is 0 Å². The first kappa shape index (κ1) is 24.4. The Morgan fingerprint density at radius 2 is 1.94 bits per heavy atom. The summed E-state index contributed by atoms with van der Waals surface area (Å²) in [5.74, 6) is 2.85. The Balaban J connectivity index is 1.46. The van der Waals surface area contributed by atoms with Crippen LogP contribution in [-0.2, 0) is 16.1 Å². The number of aliphatic imine (C=N–C) groups is 1. The highest BCUT2D eigenvalue weighted by atomic mass is 16.5. The number of carbonyl (C=O) groups excluding carboxylic acids is 1. The standard InChI is InChI=1S/C25H40N4O3/c1-3-26-25(28-12-11-27-24(30)15-20-6-4-5-7-20)29-16-22-9-8-19(2)14-23(22)32-18-21-10-13-31-17-21/h8-9,14,20-21H,3-7,10-13,15-18H2,1-2H3,(H,27,30)(H2,26,28,29). The molecule has 1 saturated carbocycles. The van der Waals surface area contributed by atoms with Crippen LogP contribution in [-0.4, -0.2) is 51.3 Å². The minimum Gasteiger partial charge on any atom is -0.493 e.